The van der Waals surface area contributed by atoms with Crippen LogP contribution in [0.15, 0.2) is 140 Å². The van der Waals surface area contributed by atoms with Gasteiger partial charge in [-0.15, -0.1) is 0 Å². The normalized spacial score (nSPS) is 12.2. The molecule has 200 valence electrons. The number of pyridine rings is 2. The third kappa shape index (κ3) is 2.85. The Kier molecular flexibility index (Phi) is 4.39. The summed E-state index contributed by atoms with van der Waals surface area (Å²) in [6, 6.07) is 43.3. The van der Waals surface area contributed by atoms with Gasteiger partial charge in [-0.1, -0.05) is 78.9 Å². The Balaban J connectivity index is 1.66. The molecular formula is C38H23N5. The summed E-state index contributed by atoms with van der Waals surface area (Å²) in [4.78, 5) is 9.73. The number of rotatable bonds is 2. The van der Waals surface area contributed by atoms with Crippen molar-refractivity contribution in [3.05, 3.63) is 140 Å². The standard InChI is InChI=1S/C38H23N5/c1-3-12-24(13-4-1)42-29-19-9-7-16-26(29)31-32-28-18-11-21-39-34(28)38-40-22-23-41(38)36(32)37-33(35(31)42)27-17-8-10-20-30(27)43(37)25-14-5-2-6-15-25/h1-23H. The minimum atomic E-state index is 0.861. The molecule has 5 nitrogen and oxygen atoms in total. The van der Waals surface area contributed by atoms with Crippen molar-refractivity contribution < 1.29 is 0 Å². The van der Waals surface area contributed by atoms with E-state index in [4.69, 9.17) is 9.97 Å². The molecule has 0 saturated carbocycles. The summed E-state index contributed by atoms with van der Waals surface area (Å²) < 4.78 is 7.13. The van der Waals surface area contributed by atoms with Crippen LogP contribution in [0.3, 0.4) is 0 Å². The van der Waals surface area contributed by atoms with Crippen molar-refractivity contribution in [2.75, 3.05) is 0 Å². The van der Waals surface area contributed by atoms with E-state index in [0.717, 1.165) is 39.0 Å². The van der Waals surface area contributed by atoms with Gasteiger partial charge in [0, 0.05) is 62.3 Å². The second-order valence-electron chi connectivity index (χ2n) is 11.1. The van der Waals surface area contributed by atoms with Gasteiger partial charge in [0.05, 0.1) is 27.6 Å². The van der Waals surface area contributed by atoms with Gasteiger partial charge < -0.3 is 9.13 Å². The molecular weight excluding hydrogens is 526 g/mol. The summed E-state index contributed by atoms with van der Waals surface area (Å²) >= 11 is 0. The second-order valence-corrected chi connectivity index (χ2v) is 11.1. The van der Waals surface area contributed by atoms with Gasteiger partial charge >= 0.3 is 0 Å². The van der Waals surface area contributed by atoms with Gasteiger partial charge in [0.2, 0.25) is 0 Å². The average molecular weight is 550 g/mol. The molecule has 5 heterocycles. The van der Waals surface area contributed by atoms with Crippen LogP contribution in [0.5, 0.6) is 0 Å². The van der Waals surface area contributed by atoms with Crippen LogP contribution in [0.4, 0.5) is 0 Å². The van der Waals surface area contributed by atoms with Gasteiger partial charge in [-0.05, 0) is 42.5 Å². The quantitative estimate of drug-likeness (QED) is 0.202. The smallest absolute Gasteiger partial charge is 0.163 e. The third-order valence-electron chi connectivity index (χ3n) is 8.90. The van der Waals surface area contributed by atoms with Crippen LogP contribution in [0.25, 0.3) is 82.4 Å². The monoisotopic (exact) mass is 549 g/mol. The Hall–Kier alpha value is -5.94. The number of fused-ring (bicyclic) bond motifs is 15. The first-order valence-electron chi connectivity index (χ1n) is 14.5. The lowest BCUT2D eigenvalue weighted by Crippen LogP contribution is -2.00. The van der Waals surface area contributed by atoms with Crippen LogP contribution in [0.2, 0.25) is 0 Å². The Morgan fingerprint density at radius 1 is 0.419 bits per heavy atom. The molecule has 0 aliphatic carbocycles. The van der Waals surface area contributed by atoms with Gasteiger partial charge in [-0.25, -0.2) is 4.98 Å². The van der Waals surface area contributed by atoms with E-state index < -0.39 is 0 Å². The fourth-order valence-corrected chi connectivity index (χ4v) is 7.30. The fourth-order valence-electron chi connectivity index (χ4n) is 7.30. The van der Waals surface area contributed by atoms with Crippen molar-refractivity contribution in [3.8, 4) is 11.4 Å². The number of para-hydroxylation sites is 4. The highest BCUT2D eigenvalue weighted by Crippen LogP contribution is 2.48. The zero-order valence-corrected chi connectivity index (χ0v) is 23.0. The Morgan fingerprint density at radius 2 is 0.977 bits per heavy atom. The second kappa shape index (κ2) is 8.30. The minimum absolute atomic E-state index is 0.861. The van der Waals surface area contributed by atoms with Crippen molar-refractivity contribution in [2.45, 2.75) is 0 Å². The SMILES string of the molecule is c1ccc(-n2c3ccccc3c3c4c5cccnc5c5nccn5c4c4c(c5ccccc5n4-c4ccccc4)c32)cc1. The summed E-state index contributed by atoms with van der Waals surface area (Å²) in [6.07, 6.45) is 5.84. The van der Waals surface area contributed by atoms with Gasteiger partial charge in [0.1, 0.15) is 5.52 Å². The van der Waals surface area contributed by atoms with Gasteiger partial charge in [-0.3, -0.25) is 9.38 Å². The molecule has 10 rings (SSSR count). The summed E-state index contributed by atoms with van der Waals surface area (Å²) in [5.74, 6) is 0. The van der Waals surface area contributed by atoms with Crippen LogP contribution in [-0.2, 0) is 0 Å². The van der Waals surface area contributed by atoms with Crippen LogP contribution in [-0.4, -0.2) is 23.5 Å². The van der Waals surface area contributed by atoms with Gasteiger partial charge in [-0.2, -0.15) is 0 Å². The summed E-state index contributed by atoms with van der Waals surface area (Å²) in [6.45, 7) is 0. The predicted octanol–water partition coefficient (Wildman–Crippen LogP) is 9.23. The van der Waals surface area contributed by atoms with E-state index in [0.29, 0.717) is 0 Å². The Morgan fingerprint density at radius 3 is 1.67 bits per heavy atom. The lowest BCUT2D eigenvalue weighted by molar-refractivity contribution is 1.17. The molecule has 0 atom stereocenters. The largest absolute Gasteiger partial charge is 0.309 e. The third-order valence-corrected chi connectivity index (χ3v) is 8.90. The van der Waals surface area contributed by atoms with E-state index in [-0.39, 0.29) is 0 Å². The van der Waals surface area contributed by atoms with Gasteiger partial charge in [0.15, 0.2) is 5.65 Å². The molecule has 0 amide bonds. The molecule has 0 N–H and O–H groups in total. The summed E-state index contributed by atoms with van der Waals surface area (Å²) in [5, 5.41) is 7.17. The van der Waals surface area contributed by atoms with Crippen LogP contribution in [0, 0.1) is 0 Å². The molecule has 5 aromatic heterocycles. The molecule has 0 bridgehead atoms. The molecule has 0 aliphatic heterocycles. The molecule has 0 fully saturated rings. The highest BCUT2D eigenvalue weighted by atomic mass is 15.1. The number of nitrogens with zero attached hydrogens (tertiary/aromatic N) is 5. The zero-order chi connectivity index (χ0) is 28.1. The van der Waals surface area contributed by atoms with E-state index in [1.807, 2.05) is 18.5 Å². The molecule has 0 saturated heterocycles. The average Bonchev–Trinajstić information content (AvgIpc) is 3.78. The first-order chi connectivity index (χ1) is 21.4. The zero-order valence-electron chi connectivity index (χ0n) is 23.0. The lowest BCUT2D eigenvalue weighted by atomic mass is 9.99. The van der Waals surface area contributed by atoms with Crippen molar-refractivity contribution >= 4 is 71.1 Å². The van der Waals surface area contributed by atoms with Crippen LogP contribution >= 0.6 is 0 Å². The number of imidazole rings is 1. The molecule has 0 radical (unpaired) electrons. The maximum Gasteiger partial charge on any atom is 0.163 e. The highest BCUT2D eigenvalue weighted by Gasteiger charge is 2.27. The molecule has 5 heteroatoms. The Bertz CT molecular complexity index is 2710. The van der Waals surface area contributed by atoms with Crippen molar-refractivity contribution in [1.82, 2.24) is 23.5 Å². The van der Waals surface area contributed by atoms with E-state index >= 15 is 0 Å². The maximum atomic E-state index is 4.89. The van der Waals surface area contributed by atoms with Crippen LogP contribution in [0.1, 0.15) is 0 Å². The molecule has 43 heavy (non-hydrogen) atoms. The topological polar surface area (TPSA) is 40.1 Å². The summed E-state index contributed by atoms with van der Waals surface area (Å²) in [7, 11) is 0. The lowest BCUT2D eigenvalue weighted by Gasteiger charge is -2.15. The van der Waals surface area contributed by atoms with Gasteiger partial charge in [0.25, 0.3) is 0 Å². The van der Waals surface area contributed by atoms with Crippen LogP contribution < -0.4 is 0 Å². The van der Waals surface area contributed by atoms with Crippen molar-refractivity contribution in [3.63, 3.8) is 0 Å². The number of aromatic nitrogens is 5. The molecule has 5 aromatic carbocycles. The fraction of sp³-hybridized carbons (Fsp3) is 0. The summed E-state index contributed by atoms with van der Waals surface area (Å²) in [5.41, 5.74) is 9.85. The van der Waals surface area contributed by atoms with Crippen molar-refractivity contribution in [1.29, 1.82) is 0 Å². The van der Waals surface area contributed by atoms with Crippen molar-refractivity contribution in [2.24, 2.45) is 0 Å². The maximum absolute atomic E-state index is 4.89. The molecule has 10 aromatic rings. The Labute approximate surface area is 245 Å². The van der Waals surface area contributed by atoms with E-state index in [2.05, 4.69) is 135 Å². The minimum Gasteiger partial charge on any atom is -0.309 e. The predicted molar refractivity (Wildman–Crippen MR) is 177 cm³/mol. The van der Waals surface area contributed by atoms with E-state index in [1.54, 1.807) is 0 Å². The molecule has 0 spiro atoms. The first kappa shape index (κ1) is 22.7. The first-order valence-corrected chi connectivity index (χ1v) is 14.5. The molecule has 0 aliphatic rings. The number of benzene rings is 5. The number of hydrogen-bond acceptors (Lipinski definition) is 2. The van der Waals surface area contributed by atoms with E-state index in [9.17, 15) is 0 Å². The molecule has 0 unspecified atom stereocenters. The van der Waals surface area contributed by atoms with E-state index in [1.165, 1.54) is 43.5 Å². The number of hydrogen-bond donors (Lipinski definition) is 0. The highest BCUT2D eigenvalue weighted by molar-refractivity contribution is 6.40.